The molecule has 0 spiro atoms. The van der Waals surface area contributed by atoms with Crippen LogP contribution in [-0.2, 0) is 6.54 Å². The minimum atomic E-state index is -0.225. The van der Waals surface area contributed by atoms with E-state index < -0.39 is 0 Å². The minimum absolute atomic E-state index is 0.225. The van der Waals surface area contributed by atoms with Crippen molar-refractivity contribution in [2.24, 2.45) is 5.73 Å². The van der Waals surface area contributed by atoms with E-state index >= 15 is 0 Å². The van der Waals surface area contributed by atoms with E-state index in [9.17, 15) is 4.79 Å². The van der Waals surface area contributed by atoms with Crippen molar-refractivity contribution in [2.75, 3.05) is 5.32 Å². The van der Waals surface area contributed by atoms with Gasteiger partial charge in [-0.05, 0) is 34.5 Å². The van der Waals surface area contributed by atoms with Gasteiger partial charge in [0.15, 0.2) is 0 Å². The number of nitrogens with zero attached hydrogens (tertiary/aromatic N) is 1. The number of rotatable bonds is 3. The number of carbonyl (C=O) groups excluding carboxylic acids is 1. The highest BCUT2D eigenvalue weighted by Gasteiger charge is 2.12. The number of carbonyl (C=O) groups is 1. The molecule has 18 heavy (non-hydrogen) atoms. The second kappa shape index (κ2) is 5.60. The van der Waals surface area contributed by atoms with E-state index in [1.54, 1.807) is 5.38 Å². The molecule has 1 aromatic carbocycles. The van der Waals surface area contributed by atoms with Gasteiger partial charge in [0.05, 0.1) is 5.69 Å². The fourth-order valence-electron chi connectivity index (χ4n) is 1.44. The molecule has 0 aliphatic heterocycles. The fourth-order valence-corrected chi connectivity index (χ4v) is 2.46. The molecule has 3 N–H and O–H groups in total. The van der Waals surface area contributed by atoms with Crippen molar-refractivity contribution in [1.29, 1.82) is 0 Å². The summed E-state index contributed by atoms with van der Waals surface area (Å²) < 4.78 is 0.882. The Labute approximate surface area is 117 Å². The molecular formula is C12H12BrN3OS. The van der Waals surface area contributed by atoms with Crippen LogP contribution in [-0.4, -0.2) is 10.9 Å². The van der Waals surface area contributed by atoms with Gasteiger partial charge >= 0.3 is 0 Å². The van der Waals surface area contributed by atoms with E-state index in [4.69, 9.17) is 5.73 Å². The number of thiazole rings is 1. The molecule has 2 aromatic rings. The summed E-state index contributed by atoms with van der Waals surface area (Å²) in [6, 6.07) is 5.70. The summed E-state index contributed by atoms with van der Waals surface area (Å²) in [6.07, 6.45) is 0. The van der Waals surface area contributed by atoms with Crippen molar-refractivity contribution in [3.05, 3.63) is 44.3 Å². The van der Waals surface area contributed by atoms with Gasteiger partial charge in [-0.2, -0.15) is 0 Å². The van der Waals surface area contributed by atoms with Gasteiger partial charge in [0.1, 0.15) is 10.7 Å². The molecule has 0 atom stereocenters. The number of aromatic nitrogens is 1. The molecule has 6 heteroatoms. The van der Waals surface area contributed by atoms with Gasteiger partial charge in [-0.25, -0.2) is 4.98 Å². The van der Waals surface area contributed by atoms with Crippen LogP contribution in [0.5, 0.6) is 0 Å². The first-order valence-electron chi connectivity index (χ1n) is 5.32. The largest absolute Gasteiger partial charge is 0.325 e. The summed E-state index contributed by atoms with van der Waals surface area (Å²) in [6.45, 7) is 2.32. The molecule has 0 unspecified atom stereocenters. The van der Waals surface area contributed by atoms with E-state index in [0.717, 1.165) is 20.7 Å². The van der Waals surface area contributed by atoms with Crippen LogP contribution in [0, 0.1) is 6.92 Å². The van der Waals surface area contributed by atoms with Gasteiger partial charge in [0, 0.05) is 16.4 Å². The highest BCUT2D eigenvalue weighted by atomic mass is 79.9. The molecule has 1 amide bonds. The van der Waals surface area contributed by atoms with Crippen molar-refractivity contribution >= 4 is 38.9 Å². The zero-order valence-corrected chi connectivity index (χ0v) is 12.1. The van der Waals surface area contributed by atoms with Gasteiger partial charge in [0.2, 0.25) is 0 Å². The van der Waals surface area contributed by atoms with Gasteiger partial charge in [-0.3, -0.25) is 4.79 Å². The molecular weight excluding hydrogens is 314 g/mol. The quantitative estimate of drug-likeness (QED) is 0.911. The number of aryl methyl sites for hydroxylation is 1. The van der Waals surface area contributed by atoms with Crippen molar-refractivity contribution in [3.8, 4) is 0 Å². The highest BCUT2D eigenvalue weighted by molar-refractivity contribution is 9.10. The monoisotopic (exact) mass is 325 g/mol. The Hall–Kier alpha value is -1.24. The maximum Gasteiger partial charge on any atom is 0.275 e. The van der Waals surface area contributed by atoms with Gasteiger partial charge in [-0.15, -0.1) is 11.3 Å². The lowest BCUT2D eigenvalue weighted by atomic mass is 10.2. The molecule has 0 radical (unpaired) electrons. The number of anilines is 1. The summed E-state index contributed by atoms with van der Waals surface area (Å²) in [4.78, 5) is 16.1. The molecule has 1 aromatic heterocycles. The first-order chi connectivity index (χ1) is 8.61. The van der Waals surface area contributed by atoms with Crippen LogP contribution >= 0.6 is 27.3 Å². The van der Waals surface area contributed by atoms with E-state index in [0.29, 0.717) is 12.2 Å². The third-order valence-electron chi connectivity index (χ3n) is 2.40. The average molecular weight is 326 g/mol. The molecule has 4 nitrogen and oxygen atoms in total. The number of nitrogens with two attached hydrogens (primary N) is 1. The Morgan fingerprint density at radius 1 is 1.56 bits per heavy atom. The summed E-state index contributed by atoms with van der Waals surface area (Å²) in [5.74, 6) is -0.225. The number of benzene rings is 1. The molecule has 0 bridgehead atoms. The molecule has 0 saturated carbocycles. The predicted molar refractivity (Wildman–Crippen MR) is 76.8 cm³/mol. The lowest BCUT2D eigenvalue weighted by Crippen LogP contribution is -2.13. The molecule has 0 aliphatic rings. The van der Waals surface area contributed by atoms with E-state index in [2.05, 4.69) is 26.2 Å². The highest BCUT2D eigenvalue weighted by Crippen LogP contribution is 2.26. The van der Waals surface area contributed by atoms with Crippen molar-refractivity contribution in [3.63, 3.8) is 0 Å². The third-order valence-corrected chi connectivity index (χ3v) is 4.32. The predicted octanol–water partition coefficient (Wildman–Crippen LogP) is 2.93. The maximum atomic E-state index is 12.0. The summed E-state index contributed by atoms with van der Waals surface area (Å²) in [7, 11) is 0. The number of halogens is 1. The summed E-state index contributed by atoms with van der Waals surface area (Å²) in [5, 5.41) is 5.29. The number of hydrogen-bond acceptors (Lipinski definition) is 4. The second-order valence-electron chi connectivity index (χ2n) is 3.72. The first-order valence-corrected chi connectivity index (χ1v) is 7.00. The summed E-state index contributed by atoms with van der Waals surface area (Å²) >= 11 is 4.83. The smallest absolute Gasteiger partial charge is 0.275 e. The number of amides is 1. The Balaban J connectivity index is 2.18. The van der Waals surface area contributed by atoms with Crippen LogP contribution < -0.4 is 11.1 Å². The zero-order valence-electron chi connectivity index (χ0n) is 9.74. The number of hydrogen-bond donors (Lipinski definition) is 2. The first kappa shape index (κ1) is 13.2. The molecule has 2 rings (SSSR count). The standard InChI is InChI=1S/C12H12BrN3OS/c1-7-3-2-4-8(11(7)13)16-12(17)9-6-18-10(5-14)15-9/h2-4,6H,5,14H2,1H3,(H,16,17). The van der Waals surface area contributed by atoms with Crippen LogP contribution in [0.15, 0.2) is 28.1 Å². The van der Waals surface area contributed by atoms with Crippen molar-refractivity contribution < 1.29 is 4.79 Å². The van der Waals surface area contributed by atoms with Crippen LogP contribution in [0.25, 0.3) is 0 Å². The molecule has 1 heterocycles. The third kappa shape index (κ3) is 2.77. The van der Waals surface area contributed by atoms with Crippen LogP contribution in [0.2, 0.25) is 0 Å². The van der Waals surface area contributed by atoms with E-state index in [1.165, 1.54) is 11.3 Å². The molecule has 0 saturated heterocycles. The molecule has 0 fully saturated rings. The average Bonchev–Trinajstić information content (AvgIpc) is 2.83. The lowest BCUT2D eigenvalue weighted by molar-refractivity contribution is 0.102. The molecule has 0 aliphatic carbocycles. The van der Waals surface area contributed by atoms with Gasteiger partial charge < -0.3 is 11.1 Å². The van der Waals surface area contributed by atoms with E-state index in [1.807, 2.05) is 25.1 Å². The van der Waals surface area contributed by atoms with Crippen LogP contribution in [0.3, 0.4) is 0 Å². The Morgan fingerprint density at radius 2 is 2.33 bits per heavy atom. The minimum Gasteiger partial charge on any atom is -0.325 e. The maximum absolute atomic E-state index is 12.0. The van der Waals surface area contributed by atoms with Gasteiger partial charge in [0.25, 0.3) is 5.91 Å². The van der Waals surface area contributed by atoms with Crippen LogP contribution in [0.4, 0.5) is 5.69 Å². The Kier molecular flexibility index (Phi) is 4.11. The topological polar surface area (TPSA) is 68.0 Å². The SMILES string of the molecule is Cc1cccc(NC(=O)c2csc(CN)n2)c1Br. The second-order valence-corrected chi connectivity index (χ2v) is 5.46. The van der Waals surface area contributed by atoms with Crippen molar-refractivity contribution in [2.45, 2.75) is 13.5 Å². The van der Waals surface area contributed by atoms with Crippen molar-refractivity contribution in [1.82, 2.24) is 4.98 Å². The fraction of sp³-hybridized carbons (Fsp3) is 0.167. The van der Waals surface area contributed by atoms with Crippen LogP contribution in [0.1, 0.15) is 21.1 Å². The Morgan fingerprint density at radius 3 is 3.00 bits per heavy atom. The Bertz CT molecular complexity index is 582. The zero-order chi connectivity index (χ0) is 13.1. The number of nitrogens with one attached hydrogen (secondary N) is 1. The summed E-state index contributed by atoms with van der Waals surface area (Å²) in [5.41, 5.74) is 7.67. The lowest BCUT2D eigenvalue weighted by Gasteiger charge is -2.07. The molecule has 94 valence electrons. The van der Waals surface area contributed by atoms with Gasteiger partial charge in [-0.1, -0.05) is 12.1 Å². The van der Waals surface area contributed by atoms with E-state index in [-0.39, 0.29) is 5.91 Å². The normalized spacial score (nSPS) is 10.4.